The van der Waals surface area contributed by atoms with E-state index in [0.717, 1.165) is 31.5 Å². The molecule has 0 bridgehead atoms. The summed E-state index contributed by atoms with van der Waals surface area (Å²) in [5, 5.41) is 13.5. The SMILES string of the molecule is O=C(O)[N+]1(c2cc(OCc3ccccc3)ncn2)CCC(C2CCNCC2)CC1. The van der Waals surface area contributed by atoms with Crippen molar-refractivity contribution in [3.8, 4) is 5.88 Å². The van der Waals surface area contributed by atoms with Gasteiger partial charge in [-0.1, -0.05) is 30.3 Å². The van der Waals surface area contributed by atoms with Crippen molar-refractivity contribution in [3.05, 3.63) is 48.3 Å². The van der Waals surface area contributed by atoms with Gasteiger partial charge >= 0.3 is 6.09 Å². The van der Waals surface area contributed by atoms with Crippen molar-refractivity contribution in [2.45, 2.75) is 32.3 Å². The lowest BCUT2D eigenvalue weighted by atomic mass is 9.78. The van der Waals surface area contributed by atoms with Crippen LogP contribution >= 0.6 is 0 Å². The number of amides is 1. The standard InChI is InChI=1S/C22H28N4O3/c27-22(28)26(12-8-19(9-13-26)18-6-10-23-11-7-18)20-14-21(25-16-24-20)29-15-17-4-2-1-3-5-17/h1-5,14,16,18-19,23H,6-13,15H2/p+1. The molecule has 0 saturated carbocycles. The first-order valence-electron chi connectivity index (χ1n) is 10.5. The summed E-state index contributed by atoms with van der Waals surface area (Å²) in [6.07, 6.45) is 4.80. The Hall–Kier alpha value is -2.51. The second kappa shape index (κ2) is 8.88. The number of benzene rings is 1. The van der Waals surface area contributed by atoms with Crippen molar-refractivity contribution in [1.29, 1.82) is 0 Å². The Bertz CT molecular complexity index is 816. The third-order valence-corrected chi connectivity index (χ3v) is 6.48. The van der Waals surface area contributed by atoms with E-state index in [0.29, 0.717) is 43.2 Å². The molecule has 7 nitrogen and oxygen atoms in total. The summed E-state index contributed by atoms with van der Waals surface area (Å²) in [5.41, 5.74) is 1.04. The first-order chi connectivity index (χ1) is 14.2. The second-order valence-corrected chi connectivity index (χ2v) is 8.11. The first kappa shape index (κ1) is 19.8. The molecule has 29 heavy (non-hydrogen) atoms. The van der Waals surface area contributed by atoms with Gasteiger partial charge < -0.3 is 15.2 Å². The molecule has 0 atom stereocenters. The molecule has 154 valence electrons. The lowest BCUT2D eigenvalue weighted by Gasteiger charge is -2.40. The van der Waals surface area contributed by atoms with E-state index >= 15 is 0 Å². The van der Waals surface area contributed by atoms with Gasteiger partial charge in [-0.05, 0) is 43.3 Å². The monoisotopic (exact) mass is 397 g/mol. The molecule has 4 rings (SSSR count). The number of carbonyl (C=O) groups is 1. The maximum Gasteiger partial charge on any atom is 0.520 e. The van der Waals surface area contributed by atoms with E-state index in [2.05, 4.69) is 15.3 Å². The van der Waals surface area contributed by atoms with Gasteiger partial charge in [-0.15, -0.1) is 0 Å². The zero-order valence-electron chi connectivity index (χ0n) is 16.7. The minimum Gasteiger partial charge on any atom is -0.473 e. The van der Waals surface area contributed by atoms with Crippen molar-refractivity contribution >= 4 is 11.9 Å². The number of nitrogens with zero attached hydrogens (tertiary/aromatic N) is 3. The summed E-state index contributed by atoms with van der Waals surface area (Å²) < 4.78 is 5.67. The number of aromatic nitrogens is 2. The van der Waals surface area contributed by atoms with Crippen LogP contribution < -0.4 is 14.5 Å². The average molecular weight is 397 g/mol. The van der Waals surface area contributed by atoms with Crippen molar-refractivity contribution < 1.29 is 14.6 Å². The summed E-state index contributed by atoms with van der Waals surface area (Å²) in [5.74, 6) is 2.25. The molecular formula is C22H29N4O3+. The molecule has 1 amide bonds. The van der Waals surface area contributed by atoms with Crippen molar-refractivity contribution in [2.75, 3.05) is 26.2 Å². The van der Waals surface area contributed by atoms with E-state index in [9.17, 15) is 9.90 Å². The summed E-state index contributed by atoms with van der Waals surface area (Å²) in [6, 6.07) is 11.5. The Morgan fingerprint density at radius 1 is 1.07 bits per heavy atom. The molecule has 2 aromatic rings. The fourth-order valence-corrected chi connectivity index (χ4v) is 4.71. The van der Waals surface area contributed by atoms with Crippen molar-refractivity contribution in [3.63, 3.8) is 0 Å². The van der Waals surface area contributed by atoms with Gasteiger partial charge in [-0.2, -0.15) is 14.3 Å². The molecule has 0 radical (unpaired) electrons. The maximum atomic E-state index is 12.3. The van der Waals surface area contributed by atoms with Crippen LogP contribution in [0.15, 0.2) is 42.7 Å². The third kappa shape index (κ3) is 4.41. The molecule has 1 aromatic carbocycles. The third-order valence-electron chi connectivity index (χ3n) is 6.48. The first-order valence-corrected chi connectivity index (χ1v) is 10.5. The van der Waals surface area contributed by atoms with Gasteiger partial charge in [0.05, 0.1) is 19.2 Å². The summed E-state index contributed by atoms with van der Waals surface area (Å²) in [6.45, 7) is 3.68. The highest BCUT2D eigenvalue weighted by Gasteiger charge is 2.46. The zero-order chi connectivity index (χ0) is 20.1. The van der Waals surface area contributed by atoms with Crippen LogP contribution in [0.4, 0.5) is 10.6 Å². The van der Waals surface area contributed by atoms with Crippen LogP contribution in [0.3, 0.4) is 0 Å². The quantitative estimate of drug-likeness (QED) is 0.752. The number of quaternary nitrogens is 1. The van der Waals surface area contributed by atoms with Gasteiger partial charge in [0.2, 0.25) is 11.7 Å². The van der Waals surface area contributed by atoms with Crippen LogP contribution in [-0.2, 0) is 6.61 Å². The number of ether oxygens (including phenoxy) is 1. The van der Waals surface area contributed by atoms with Crippen molar-refractivity contribution in [2.24, 2.45) is 11.8 Å². The topological polar surface area (TPSA) is 84.3 Å². The fourth-order valence-electron chi connectivity index (χ4n) is 4.71. The lowest BCUT2D eigenvalue weighted by molar-refractivity contribution is 0.105. The Balaban J connectivity index is 1.46. The van der Waals surface area contributed by atoms with Crippen molar-refractivity contribution in [1.82, 2.24) is 19.8 Å². The molecule has 0 unspecified atom stereocenters. The van der Waals surface area contributed by atoms with E-state index in [1.54, 1.807) is 6.07 Å². The smallest absolute Gasteiger partial charge is 0.473 e. The molecular weight excluding hydrogens is 368 g/mol. The highest BCUT2D eigenvalue weighted by molar-refractivity contribution is 5.79. The zero-order valence-corrected chi connectivity index (χ0v) is 16.7. The normalized spacial score (nSPS) is 25.4. The van der Waals surface area contributed by atoms with Crippen LogP contribution in [0.2, 0.25) is 0 Å². The molecule has 7 heteroatoms. The van der Waals surface area contributed by atoms with Crippen LogP contribution in [0.1, 0.15) is 31.2 Å². The molecule has 2 N–H and O–H groups in total. The van der Waals surface area contributed by atoms with Gasteiger partial charge in [0.15, 0.2) is 0 Å². The number of hydrogen-bond acceptors (Lipinski definition) is 5. The molecule has 2 fully saturated rings. The predicted molar refractivity (Wildman–Crippen MR) is 111 cm³/mol. The molecule has 2 aliphatic heterocycles. The van der Waals surface area contributed by atoms with Crippen LogP contribution in [-0.4, -0.2) is 47.3 Å². The van der Waals surface area contributed by atoms with Crippen LogP contribution in [0.25, 0.3) is 0 Å². The summed E-state index contributed by atoms with van der Waals surface area (Å²) in [7, 11) is 0. The van der Waals surface area contributed by atoms with Gasteiger partial charge in [0.1, 0.15) is 12.9 Å². The van der Waals surface area contributed by atoms with E-state index in [1.165, 1.54) is 19.2 Å². The summed E-state index contributed by atoms with van der Waals surface area (Å²) in [4.78, 5) is 20.8. The van der Waals surface area contributed by atoms with E-state index in [1.807, 2.05) is 30.3 Å². The number of piperidine rings is 2. The number of carboxylic acid groups (broad SMARTS) is 1. The lowest BCUT2D eigenvalue weighted by Crippen LogP contribution is -2.59. The molecule has 0 spiro atoms. The minimum absolute atomic E-state index is 0.133. The number of likely N-dealkylation sites (tertiary alicyclic amines) is 1. The number of nitrogens with one attached hydrogen (secondary N) is 1. The van der Waals surface area contributed by atoms with Gasteiger partial charge in [-0.3, -0.25) is 0 Å². The predicted octanol–water partition coefficient (Wildman–Crippen LogP) is 3.45. The fraction of sp³-hybridized carbons (Fsp3) is 0.500. The minimum atomic E-state index is -0.846. The van der Waals surface area contributed by atoms with E-state index in [-0.39, 0.29) is 4.48 Å². The average Bonchev–Trinajstić information content (AvgIpc) is 2.79. The number of hydrogen-bond donors (Lipinski definition) is 2. The molecule has 3 heterocycles. The Morgan fingerprint density at radius 3 is 2.45 bits per heavy atom. The molecule has 0 aliphatic carbocycles. The Labute approximate surface area is 171 Å². The molecule has 2 aliphatic rings. The van der Waals surface area contributed by atoms with E-state index < -0.39 is 6.09 Å². The maximum absolute atomic E-state index is 12.3. The van der Waals surface area contributed by atoms with Crippen LogP contribution in [0, 0.1) is 11.8 Å². The summed E-state index contributed by atoms with van der Waals surface area (Å²) >= 11 is 0. The molecule has 1 aromatic heterocycles. The van der Waals surface area contributed by atoms with Crippen LogP contribution in [0.5, 0.6) is 5.88 Å². The largest absolute Gasteiger partial charge is 0.520 e. The Morgan fingerprint density at radius 2 is 1.76 bits per heavy atom. The van der Waals surface area contributed by atoms with E-state index in [4.69, 9.17) is 4.74 Å². The van der Waals surface area contributed by atoms with Gasteiger partial charge in [-0.25, -0.2) is 4.98 Å². The highest BCUT2D eigenvalue weighted by atomic mass is 16.5. The van der Waals surface area contributed by atoms with Gasteiger partial charge in [0, 0.05) is 12.8 Å². The number of rotatable bonds is 5. The second-order valence-electron chi connectivity index (χ2n) is 8.11. The van der Waals surface area contributed by atoms with Gasteiger partial charge in [0.25, 0.3) is 0 Å². The molecule has 2 saturated heterocycles. The highest BCUT2D eigenvalue weighted by Crippen LogP contribution is 2.36. The Kier molecular flexibility index (Phi) is 6.06.